The number of thioether (sulfide) groups is 1. The maximum atomic E-state index is 13.1. The van der Waals surface area contributed by atoms with E-state index in [0.29, 0.717) is 25.3 Å². The van der Waals surface area contributed by atoms with Crippen LogP contribution < -0.4 is 10.6 Å². The van der Waals surface area contributed by atoms with Gasteiger partial charge in [0.15, 0.2) is 0 Å². The molecule has 0 aliphatic carbocycles. The number of amides is 2. The van der Waals surface area contributed by atoms with Crippen molar-refractivity contribution in [3.05, 3.63) is 17.5 Å². The van der Waals surface area contributed by atoms with Crippen LogP contribution in [-0.4, -0.2) is 68.2 Å². The van der Waals surface area contributed by atoms with Crippen molar-refractivity contribution in [1.29, 1.82) is 0 Å². The lowest BCUT2D eigenvalue weighted by atomic mass is 9.83. The number of aliphatic carboxylic acids is 1. The van der Waals surface area contributed by atoms with E-state index in [0.717, 1.165) is 4.21 Å². The average molecular weight is 517 g/mol. The highest BCUT2D eigenvalue weighted by Gasteiger charge is 2.39. The van der Waals surface area contributed by atoms with Gasteiger partial charge in [0.05, 0.1) is 17.4 Å². The van der Waals surface area contributed by atoms with Crippen molar-refractivity contribution in [1.82, 2.24) is 10.6 Å². The first kappa shape index (κ1) is 30.4. The van der Waals surface area contributed by atoms with Crippen molar-refractivity contribution in [2.75, 3.05) is 39.2 Å². The summed E-state index contributed by atoms with van der Waals surface area (Å²) in [6.07, 6.45) is -0.208. The van der Waals surface area contributed by atoms with Crippen molar-refractivity contribution < 1.29 is 29.0 Å². The van der Waals surface area contributed by atoms with Crippen LogP contribution in [0.3, 0.4) is 0 Å². The minimum atomic E-state index is -1.18. The number of carbonyl (C=O) groups excluding carboxylic acids is 2. The Hall–Kier alpha value is -1.62. The number of carboxylic acids is 1. The summed E-state index contributed by atoms with van der Waals surface area (Å²) < 4.78 is 11.9. The lowest BCUT2D eigenvalue weighted by Gasteiger charge is -2.34. The summed E-state index contributed by atoms with van der Waals surface area (Å²) in [5.41, 5.74) is -0.773. The first-order valence-corrected chi connectivity index (χ1v) is 13.4. The van der Waals surface area contributed by atoms with Crippen molar-refractivity contribution in [3.63, 3.8) is 0 Å². The number of carbonyl (C=O) groups is 3. The number of thiophene rings is 1. The van der Waals surface area contributed by atoms with Gasteiger partial charge in [-0.05, 0) is 36.6 Å². The van der Waals surface area contributed by atoms with E-state index < -0.39 is 29.3 Å². The fraction of sp³-hybridized carbons (Fsp3) is 0.708. The Bertz CT molecular complexity index is 755. The molecule has 3 N–H and O–H groups in total. The van der Waals surface area contributed by atoms with Crippen LogP contribution in [0.2, 0.25) is 0 Å². The van der Waals surface area contributed by atoms with Crippen LogP contribution in [0.1, 0.15) is 41.0 Å². The van der Waals surface area contributed by atoms with E-state index in [4.69, 9.17) is 9.47 Å². The standard InChI is InChI=1S/C24H40N2O6S2/c1-7-25-22(28)20(32-11-10-31-6)24(4,5)15-26-21(27)19(23(29)30)17(13-16(2)3)14-34-18-9-8-12-33-18/h8-9,12,16-17,19-20H,7,10-11,13-15H2,1-6H3,(H,25,28)(H,26,27)(H,29,30)/t17-,19-,20?/m0/s1. The van der Waals surface area contributed by atoms with Gasteiger partial charge in [-0.3, -0.25) is 14.4 Å². The summed E-state index contributed by atoms with van der Waals surface area (Å²) in [7, 11) is 1.55. The molecule has 1 heterocycles. The van der Waals surface area contributed by atoms with E-state index in [1.165, 1.54) is 0 Å². The average Bonchev–Trinajstić information content (AvgIpc) is 3.27. The number of hydrogen-bond acceptors (Lipinski definition) is 7. The Morgan fingerprint density at radius 2 is 1.88 bits per heavy atom. The zero-order valence-electron chi connectivity index (χ0n) is 21.1. The summed E-state index contributed by atoms with van der Waals surface area (Å²) in [6.45, 7) is 10.6. The second-order valence-corrected chi connectivity index (χ2v) is 11.6. The molecule has 1 aromatic rings. The first-order valence-electron chi connectivity index (χ1n) is 11.6. The van der Waals surface area contributed by atoms with Gasteiger partial charge in [0.1, 0.15) is 12.0 Å². The molecular formula is C24H40N2O6S2. The molecule has 0 saturated carbocycles. The highest BCUT2D eigenvalue weighted by atomic mass is 32.2. The van der Waals surface area contributed by atoms with Crippen LogP contribution in [-0.2, 0) is 23.9 Å². The molecule has 2 amide bonds. The second-order valence-electron chi connectivity index (χ2n) is 9.29. The molecule has 194 valence electrons. The summed E-state index contributed by atoms with van der Waals surface area (Å²) in [4.78, 5) is 37.9. The third-order valence-corrected chi connectivity index (χ3v) is 7.64. The van der Waals surface area contributed by atoms with E-state index >= 15 is 0 Å². The molecule has 0 aliphatic heterocycles. The van der Waals surface area contributed by atoms with Gasteiger partial charge in [0, 0.05) is 31.4 Å². The largest absolute Gasteiger partial charge is 0.481 e. The highest BCUT2D eigenvalue weighted by Crippen LogP contribution is 2.32. The van der Waals surface area contributed by atoms with Gasteiger partial charge < -0.3 is 25.2 Å². The summed E-state index contributed by atoms with van der Waals surface area (Å²) in [5.74, 6) is -2.68. The molecule has 0 fully saturated rings. The molecule has 0 spiro atoms. The second kappa shape index (κ2) is 15.4. The fourth-order valence-corrected chi connectivity index (χ4v) is 5.63. The van der Waals surface area contributed by atoms with Crippen LogP contribution in [0.25, 0.3) is 0 Å². The zero-order valence-corrected chi connectivity index (χ0v) is 22.7. The van der Waals surface area contributed by atoms with Crippen molar-refractivity contribution in [2.24, 2.45) is 23.2 Å². The van der Waals surface area contributed by atoms with Gasteiger partial charge in [-0.15, -0.1) is 23.1 Å². The fourth-order valence-electron chi connectivity index (χ4n) is 3.66. The monoisotopic (exact) mass is 516 g/mol. The predicted molar refractivity (Wildman–Crippen MR) is 136 cm³/mol. The molecule has 3 atom stereocenters. The Morgan fingerprint density at radius 3 is 2.41 bits per heavy atom. The summed E-state index contributed by atoms with van der Waals surface area (Å²) in [5, 5.41) is 17.5. The smallest absolute Gasteiger partial charge is 0.316 e. The Balaban J connectivity index is 2.94. The maximum absolute atomic E-state index is 13.1. The van der Waals surface area contributed by atoms with Gasteiger partial charge >= 0.3 is 5.97 Å². The predicted octanol–water partition coefficient (Wildman–Crippen LogP) is 3.51. The van der Waals surface area contributed by atoms with Gasteiger partial charge in [0.2, 0.25) is 11.8 Å². The highest BCUT2D eigenvalue weighted by molar-refractivity contribution is 8.01. The molecule has 0 aliphatic rings. The lowest BCUT2D eigenvalue weighted by molar-refractivity contribution is -0.151. The topological polar surface area (TPSA) is 114 Å². The quantitative estimate of drug-likeness (QED) is 0.165. The number of methoxy groups -OCH3 is 1. The Labute approximate surface area is 211 Å². The van der Waals surface area contributed by atoms with Gasteiger partial charge in [0.25, 0.3) is 0 Å². The molecule has 0 aromatic carbocycles. The number of nitrogens with one attached hydrogen (secondary N) is 2. The van der Waals surface area contributed by atoms with Gasteiger partial charge in [-0.1, -0.05) is 33.8 Å². The van der Waals surface area contributed by atoms with E-state index in [1.807, 2.05) is 52.1 Å². The zero-order chi connectivity index (χ0) is 25.7. The van der Waals surface area contributed by atoms with E-state index in [9.17, 15) is 19.5 Å². The number of hydrogen-bond donors (Lipinski definition) is 3. The van der Waals surface area contributed by atoms with Crippen LogP contribution in [0.4, 0.5) is 0 Å². The van der Waals surface area contributed by atoms with Crippen molar-refractivity contribution >= 4 is 40.9 Å². The minimum absolute atomic E-state index is 0.0941. The molecule has 1 rings (SSSR count). The van der Waals surface area contributed by atoms with E-state index in [1.54, 1.807) is 30.2 Å². The molecule has 1 unspecified atom stereocenters. The number of likely N-dealkylation sites (N-methyl/N-ethyl adjacent to an activating group) is 1. The van der Waals surface area contributed by atoms with Gasteiger partial charge in [-0.2, -0.15) is 0 Å². The van der Waals surface area contributed by atoms with Crippen molar-refractivity contribution in [3.8, 4) is 0 Å². The molecule has 34 heavy (non-hydrogen) atoms. The summed E-state index contributed by atoms with van der Waals surface area (Å²) in [6, 6.07) is 3.94. The third kappa shape index (κ3) is 10.3. The molecule has 1 aromatic heterocycles. The SMILES string of the molecule is CCNC(=O)C(OCCOC)C(C)(C)CNC(=O)[C@@H](C(=O)O)[C@H](CSc1cccs1)CC(C)C. The normalized spacial score (nSPS) is 14.4. The summed E-state index contributed by atoms with van der Waals surface area (Å²) >= 11 is 3.18. The lowest BCUT2D eigenvalue weighted by Crippen LogP contribution is -2.52. The van der Waals surface area contributed by atoms with E-state index in [-0.39, 0.29) is 30.9 Å². The molecule has 10 heteroatoms. The maximum Gasteiger partial charge on any atom is 0.316 e. The minimum Gasteiger partial charge on any atom is -0.481 e. The number of rotatable bonds is 17. The molecule has 0 radical (unpaired) electrons. The molecular weight excluding hydrogens is 476 g/mol. The molecule has 0 saturated heterocycles. The van der Waals surface area contributed by atoms with Crippen LogP contribution in [0.5, 0.6) is 0 Å². The third-order valence-electron chi connectivity index (χ3n) is 5.32. The molecule has 8 nitrogen and oxygen atoms in total. The van der Waals surface area contributed by atoms with Gasteiger partial charge in [-0.25, -0.2) is 0 Å². The number of carboxylic acid groups (broad SMARTS) is 1. The Kier molecular flexibility index (Phi) is 13.8. The van der Waals surface area contributed by atoms with E-state index in [2.05, 4.69) is 10.6 Å². The Morgan fingerprint density at radius 1 is 1.18 bits per heavy atom. The van der Waals surface area contributed by atoms with Crippen LogP contribution >= 0.6 is 23.1 Å². The van der Waals surface area contributed by atoms with Crippen LogP contribution in [0.15, 0.2) is 21.7 Å². The van der Waals surface area contributed by atoms with Crippen molar-refractivity contribution in [2.45, 2.75) is 51.4 Å². The number of ether oxygens (including phenoxy) is 2. The first-order chi connectivity index (χ1) is 16.0. The van der Waals surface area contributed by atoms with Crippen LogP contribution in [0, 0.1) is 23.2 Å². The molecule has 0 bridgehead atoms.